The maximum absolute atomic E-state index is 12.9. The highest BCUT2D eigenvalue weighted by Gasteiger charge is 2.19. The molecule has 1 heterocycles. The van der Waals surface area contributed by atoms with Crippen molar-refractivity contribution in [2.45, 2.75) is 25.7 Å². The van der Waals surface area contributed by atoms with E-state index in [0.717, 1.165) is 44.6 Å². The number of piperidine rings is 1. The number of hydrogen-bond acceptors (Lipinski definition) is 4. The molecule has 1 aromatic rings. The third-order valence-electron chi connectivity index (χ3n) is 4.66. The molecular formula is C20H33N5O2. The van der Waals surface area contributed by atoms with Crippen molar-refractivity contribution in [1.29, 1.82) is 0 Å². The first-order chi connectivity index (χ1) is 12.9. The monoisotopic (exact) mass is 375 g/mol. The lowest BCUT2D eigenvalue weighted by molar-refractivity contribution is 0.0952. The Kier molecular flexibility index (Phi) is 7.91. The van der Waals surface area contributed by atoms with E-state index in [-0.39, 0.29) is 11.9 Å². The summed E-state index contributed by atoms with van der Waals surface area (Å²) in [6, 6.07) is 5.39. The smallest absolute Gasteiger partial charge is 0.321 e. The van der Waals surface area contributed by atoms with Gasteiger partial charge in [-0.3, -0.25) is 4.79 Å². The lowest BCUT2D eigenvalue weighted by Gasteiger charge is -2.30. The van der Waals surface area contributed by atoms with Gasteiger partial charge in [0.05, 0.1) is 5.56 Å². The number of carbonyl (C=O) groups is 2. The number of hydrogen-bond donors (Lipinski definition) is 2. The number of amides is 3. The number of carbonyl (C=O) groups excluding carboxylic acids is 2. The van der Waals surface area contributed by atoms with Gasteiger partial charge >= 0.3 is 6.03 Å². The number of benzene rings is 1. The molecule has 0 saturated carbocycles. The lowest BCUT2D eigenvalue weighted by Crippen LogP contribution is -2.33. The van der Waals surface area contributed by atoms with Gasteiger partial charge in [0.15, 0.2) is 0 Å². The Morgan fingerprint density at radius 3 is 2.41 bits per heavy atom. The molecule has 0 aromatic heterocycles. The molecule has 1 fully saturated rings. The fourth-order valence-electron chi connectivity index (χ4n) is 3.13. The number of nitrogens with zero attached hydrogens (tertiary/aromatic N) is 3. The van der Waals surface area contributed by atoms with Crippen LogP contribution in [0.1, 0.15) is 36.0 Å². The van der Waals surface area contributed by atoms with Crippen molar-refractivity contribution in [2.75, 3.05) is 64.6 Å². The molecule has 3 amide bonds. The van der Waals surface area contributed by atoms with Crippen LogP contribution in [0.25, 0.3) is 0 Å². The van der Waals surface area contributed by atoms with E-state index in [1.54, 1.807) is 20.2 Å². The Morgan fingerprint density at radius 1 is 1.07 bits per heavy atom. The van der Waals surface area contributed by atoms with Gasteiger partial charge in [0.25, 0.3) is 5.91 Å². The van der Waals surface area contributed by atoms with Crippen LogP contribution in [0.15, 0.2) is 18.2 Å². The molecule has 0 spiro atoms. The first-order valence-corrected chi connectivity index (χ1v) is 9.68. The Morgan fingerprint density at radius 2 is 1.78 bits per heavy atom. The summed E-state index contributed by atoms with van der Waals surface area (Å²) in [7, 11) is 7.42. The summed E-state index contributed by atoms with van der Waals surface area (Å²) >= 11 is 0. The predicted octanol–water partition coefficient (Wildman–Crippen LogP) is 2.45. The van der Waals surface area contributed by atoms with Crippen LogP contribution in [-0.2, 0) is 0 Å². The summed E-state index contributed by atoms with van der Waals surface area (Å²) in [6.07, 6.45) is 4.42. The van der Waals surface area contributed by atoms with Gasteiger partial charge in [-0.1, -0.05) is 0 Å². The van der Waals surface area contributed by atoms with Gasteiger partial charge < -0.3 is 25.3 Å². The largest absolute Gasteiger partial charge is 0.371 e. The molecule has 1 aliphatic rings. The molecule has 0 aliphatic carbocycles. The summed E-state index contributed by atoms with van der Waals surface area (Å²) in [5.41, 5.74) is 2.20. The molecular weight excluding hydrogens is 342 g/mol. The molecule has 0 unspecified atom stereocenters. The minimum Gasteiger partial charge on any atom is -0.371 e. The highest BCUT2D eigenvalue weighted by Crippen LogP contribution is 2.27. The molecule has 27 heavy (non-hydrogen) atoms. The molecule has 1 aliphatic heterocycles. The zero-order chi connectivity index (χ0) is 19.8. The summed E-state index contributed by atoms with van der Waals surface area (Å²) < 4.78 is 0. The Balaban J connectivity index is 2.17. The summed E-state index contributed by atoms with van der Waals surface area (Å²) in [5.74, 6) is -0.0877. The van der Waals surface area contributed by atoms with Crippen molar-refractivity contribution < 1.29 is 9.59 Å². The van der Waals surface area contributed by atoms with Crippen LogP contribution in [0.3, 0.4) is 0 Å². The molecule has 7 heteroatoms. The van der Waals surface area contributed by atoms with E-state index < -0.39 is 0 Å². The van der Waals surface area contributed by atoms with E-state index in [0.29, 0.717) is 17.8 Å². The fraction of sp³-hybridized carbons (Fsp3) is 0.600. The normalized spacial score (nSPS) is 14.2. The van der Waals surface area contributed by atoms with E-state index in [1.165, 1.54) is 11.3 Å². The van der Waals surface area contributed by atoms with Gasteiger partial charge in [-0.25, -0.2) is 4.79 Å². The van der Waals surface area contributed by atoms with Gasteiger partial charge in [0.2, 0.25) is 0 Å². The average molecular weight is 376 g/mol. The molecule has 1 saturated heterocycles. The topological polar surface area (TPSA) is 67.9 Å². The highest BCUT2D eigenvalue weighted by atomic mass is 16.2. The Bertz CT molecular complexity index is 639. The fourth-order valence-corrected chi connectivity index (χ4v) is 3.13. The van der Waals surface area contributed by atoms with Crippen LogP contribution in [-0.4, -0.2) is 76.1 Å². The summed E-state index contributed by atoms with van der Waals surface area (Å²) in [5, 5.41) is 5.85. The van der Waals surface area contributed by atoms with Crippen LogP contribution >= 0.6 is 0 Å². The lowest BCUT2D eigenvalue weighted by atomic mass is 10.1. The minimum absolute atomic E-state index is 0.0877. The van der Waals surface area contributed by atoms with Crippen molar-refractivity contribution in [3.05, 3.63) is 23.8 Å². The van der Waals surface area contributed by atoms with Crippen LogP contribution in [0.5, 0.6) is 0 Å². The molecule has 2 rings (SSSR count). The second-order valence-electron chi connectivity index (χ2n) is 7.52. The quantitative estimate of drug-likeness (QED) is 0.719. The third-order valence-corrected chi connectivity index (χ3v) is 4.66. The predicted molar refractivity (Wildman–Crippen MR) is 111 cm³/mol. The van der Waals surface area contributed by atoms with Gasteiger partial charge in [0.1, 0.15) is 0 Å². The Hall–Kier alpha value is -2.28. The second-order valence-corrected chi connectivity index (χ2v) is 7.52. The van der Waals surface area contributed by atoms with Crippen molar-refractivity contribution in [3.8, 4) is 0 Å². The number of anilines is 2. The van der Waals surface area contributed by atoms with E-state index >= 15 is 0 Å². The van der Waals surface area contributed by atoms with E-state index in [2.05, 4.69) is 20.4 Å². The standard InChI is InChI=1S/C20H33N5O2/c1-23(2)12-8-11-21-19(26)17-15-16(22-20(27)24(3)4)9-10-18(17)25-13-6-5-7-14-25/h9-10,15H,5-8,11-14H2,1-4H3,(H,21,26)(H,22,27). The summed E-state index contributed by atoms with van der Waals surface area (Å²) in [4.78, 5) is 30.6. The maximum Gasteiger partial charge on any atom is 0.321 e. The van der Waals surface area contributed by atoms with Crippen LogP contribution in [0.2, 0.25) is 0 Å². The molecule has 0 bridgehead atoms. The zero-order valence-corrected chi connectivity index (χ0v) is 17.0. The van der Waals surface area contributed by atoms with E-state index in [1.807, 2.05) is 26.2 Å². The molecule has 0 radical (unpaired) electrons. The van der Waals surface area contributed by atoms with Crippen LogP contribution in [0.4, 0.5) is 16.2 Å². The maximum atomic E-state index is 12.9. The van der Waals surface area contributed by atoms with Crippen molar-refractivity contribution in [3.63, 3.8) is 0 Å². The first kappa shape index (κ1) is 21.0. The van der Waals surface area contributed by atoms with E-state index in [4.69, 9.17) is 0 Å². The average Bonchev–Trinajstić information content (AvgIpc) is 2.65. The van der Waals surface area contributed by atoms with Crippen molar-refractivity contribution in [2.24, 2.45) is 0 Å². The summed E-state index contributed by atoms with van der Waals surface area (Å²) in [6.45, 7) is 3.48. The first-order valence-electron chi connectivity index (χ1n) is 9.68. The molecule has 2 N–H and O–H groups in total. The molecule has 150 valence electrons. The van der Waals surface area contributed by atoms with Gasteiger partial charge in [-0.05, 0) is 64.5 Å². The van der Waals surface area contributed by atoms with Crippen LogP contribution < -0.4 is 15.5 Å². The van der Waals surface area contributed by atoms with Crippen molar-refractivity contribution in [1.82, 2.24) is 15.1 Å². The van der Waals surface area contributed by atoms with Gasteiger partial charge in [0, 0.05) is 45.1 Å². The number of urea groups is 1. The van der Waals surface area contributed by atoms with Gasteiger partial charge in [-0.15, -0.1) is 0 Å². The number of nitrogens with one attached hydrogen (secondary N) is 2. The molecule has 7 nitrogen and oxygen atoms in total. The van der Waals surface area contributed by atoms with E-state index in [9.17, 15) is 9.59 Å². The molecule has 1 aromatic carbocycles. The molecule has 0 atom stereocenters. The second kappa shape index (κ2) is 10.2. The number of rotatable bonds is 7. The Labute approximate surface area is 162 Å². The van der Waals surface area contributed by atoms with Crippen molar-refractivity contribution >= 4 is 23.3 Å². The highest BCUT2D eigenvalue weighted by molar-refractivity contribution is 6.02. The SMILES string of the molecule is CN(C)CCCNC(=O)c1cc(NC(=O)N(C)C)ccc1N1CCCCC1. The van der Waals surface area contributed by atoms with Crippen LogP contribution in [0, 0.1) is 0 Å². The van der Waals surface area contributed by atoms with Gasteiger partial charge in [-0.2, -0.15) is 0 Å². The zero-order valence-electron chi connectivity index (χ0n) is 17.0. The third kappa shape index (κ3) is 6.43. The minimum atomic E-state index is -0.210.